The lowest BCUT2D eigenvalue weighted by molar-refractivity contribution is -0.331. The highest BCUT2D eigenvalue weighted by Crippen LogP contribution is 2.33. The van der Waals surface area contributed by atoms with Crippen LogP contribution in [0.5, 0.6) is 0 Å². The van der Waals surface area contributed by atoms with Crippen LogP contribution in [-0.2, 0) is 67.9 Å². The Kier molecular flexibility index (Phi) is 12.4. The smallest absolute Gasteiger partial charge is 0.397 e. The van der Waals surface area contributed by atoms with E-state index in [2.05, 4.69) is 8.37 Å². The van der Waals surface area contributed by atoms with Crippen molar-refractivity contribution in [2.45, 2.75) is 102 Å². The summed E-state index contributed by atoms with van der Waals surface area (Å²) < 4.78 is 134. The number of aliphatic hydroxyl groups is 1. The van der Waals surface area contributed by atoms with E-state index in [1.807, 2.05) is 0 Å². The Labute approximate surface area is 235 Å². The number of aliphatic carboxylic acids is 1. The zero-order chi connectivity index (χ0) is 31.5. The molecule has 0 spiro atoms. The van der Waals surface area contributed by atoms with Crippen LogP contribution in [0.3, 0.4) is 0 Å². The number of carbonyl (C=O) groups is 1. The average Bonchev–Trinajstić information content (AvgIpc) is 2.75. The van der Waals surface area contributed by atoms with Crippen molar-refractivity contribution in [3.05, 3.63) is 0 Å². The maximum Gasteiger partial charge on any atom is 0.397 e. The molecule has 0 bridgehead atoms. The number of rotatable bonds is 14. The summed E-state index contributed by atoms with van der Waals surface area (Å²) in [4.78, 5) is 11.9. The van der Waals surface area contributed by atoms with Crippen molar-refractivity contribution in [3.8, 4) is 0 Å². The largest absolute Gasteiger partial charge is 0.479 e. The predicted molar refractivity (Wildman–Crippen MR) is 129 cm³/mol. The number of carboxylic acid groups (broad SMARTS) is 1. The molecular formula is C18H33NO19S3. The standard InChI is InChI=1S/C18H33NO19S3/c1-7(2)33-13-12(20)14(38-41(29,30)31)18(37-15(13)16(21)22)35-10-5-9(19-39(23,24)25)17(34-8(3)4)36-11(10)6-32-40(26,27)28/h7-15,17-20H,5-6H2,1-4H3,(H,21,22)(H,23,24,25)(H,26,27,28)(H,29,30,31)/t9-,10-,11?,12?,13?,14?,15?,17?,18?/m0/s1. The zero-order valence-electron chi connectivity index (χ0n) is 21.9. The van der Waals surface area contributed by atoms with Gasteiger partial charge in [0, 0.05) is 0 Å². The quantitative estimate of drug-likeness (QED) is 0.106. The molecule has 0 radical (unpaired) electrons. The van der Waals surface area contributed by atoms with Gasteiger partial charge in [-0.3, -0.25) is 13.7 Å². The SMILES string of the molecule is CC(C)OC1C(C(=O)O)OC(O[C@H]2C[C@H](NS(=O)(=O)O)C(OC(C)C)OC2COS(=O)(=O)O)C(OS(=O)(=O)O)C1O. The summed E-state index contributed by atoms with van der Waals surface area (Å²) >= 11 is 0. The molecule has 242 valence electrons. The molecule has 2 heterocycles. The summed E-state index contributed by atoms with van der Waals surface area (Å²) in [5.74, 6) is -1.70. The van der Waals surface area contributed by atoms with Crippen molar-refractivity contribution < 1.29 is 86.0 Å². The lowest BCUT2D eigenvalue weighted by Gasteiger charge is -2.46. The molecule has 0 aromatic rings. The molecule has 0 saturated carbocycles. The lowest BCUT2D eigenvalue weighted by atomic mass is 9.97. The number of hydrogen-bond donors (Lipinski definition) is 6. The van der Waals surface area contributed by atoms with Crippen LogP contribution in [0.1, 0.15) is 34.1 Å². The second-order valence-electron chi connectivity index (χ2n) is 9.44. The topological polar surface area (TPSA) is 297 Å². The fourth-order valence-electron chi connectivity index (χ4n) is 4.02. The summed E-state index contributed by atoms with van der Waals surface area (Å²) in [6, 6.07) is -1.47. The van der Waals surface area contributed by atoms with Gasteiger partial charge in [0.25, 0.3) is 0 Å². The molecule has 0 amide bonds. The van der Waals surface area contributed by atoms with Gasteiger partial charge in [0.15, 0.2) is 24.8 Å². The summed E-state index contributed by atoms with van der Waals surface area (Å²) in [7, 11) is -15.4. The van der Waals surface area contributed by atoms with E-state index >= 15 is 0 Å². The Morgan fingerprint density at radius 3 is 1.95 bits per heavy atom. The molecule has 23 heteroatoms. The molecule has 7 unspecified atom stereocenters. The molecule has 0 aromatic carbocycles. The van der Waals surface area contributed by atoms with Gasteiger partial charge in [-0.15, -0.1) is 0 Å². The third kappa shape index (κ3) is 11.8. The first-order valence-corrected chi connectivity index (χ1v) is 15.9. The van der Waals surface area contributed by atoms with Crippen molar-refractivity contribution in [2.75, 3.05) is 6.61 Å². The van der Waals surface area contributed by atoms with Gasteiger partial charge >= 0.3 is 37.1 Å². The van der Waals surface area contributed by atoms with Crippen LogP contribution < -0.4 is 4.72 Å². The molecule has 0 aromatic heterocycles. The highest BCUT2D eigenvalue weighted by atomic mass is 32.3. The minimum absolute atomic E-state index is 0.575. The zero-order valence-corrected chi connectivity index (χ0v) is 24.4. The second-order valence-corrected chi connectivity index (χ2v) is 12.8. The van der Waals surface area contributed by atoms with E-state index in [0.29, 0.717) is 0 Å². The maximum absolute atomic E-state index is 11.9. The monoisotopic (exact) mass is 663 g/mol. The minimum Gasteiger partial charge on any atom is -0.479 e. The Morgan fingerprint density at radius 1 is 0.902 bits per heavy atom. The first kappa shape index (κ1) is 36.0. The van der Waals surface area contributed by atoms with Gasteiger partial charge in [-0.05, 0) is 34.1 Å². The molecule has 2 fully saturated rings. The molecule has 0 aliphatic carbocycles. The molecule has 6 N–H and O–H groups in total. The Hall–Kier alpha value is -1.16. The summed E-state index contributed by atoms with van der Waals surface area (Å²) in [6.07, 6.45) is -17.0. The van der Waals surface area contributed by atoms with Crippen LogP contribution in [0.2, 0.25) is 0 Å². The number of hydrogen-bond acceptors (Lipinski definition) is 15. The van der Waals surface area contributed by atoms with Crippen LogP contribution in [0.15, 0.2) is 0 Å². The van der Waals surface area contributed by atoms with Crippen LogP contribution in [0.25, 0.3) is 0 Å². The number of aliphatic hydroxyl groups excluding tert-OH is 1. The van der Waals surface area contributed by atoms with Crippen LogP contribution in [0.4, 0.5) is 0 Å². The normalized spacial score (nSPS) is 33.8. The highest BCUT2D eigenvalue weighted by molar-refractivity contribution is 7.83. The molecule has 9 atom stereocenters. The van der Waals surface area contributed by atoms with Crippen molar-refractivity contribution in [3.63, 3.8) is 0 Å². The van der Waals surface area contributed by atoms with Crippen LogP contribution >= 0.6 is 0 Å². The highest BCUT2D eigenvalue weighted by Gasteiger charge is 2.54. The molecular weight excluding hydrogens is 630 g/mol. The van der Waals surface area contributed by atoms with E-state index in [0.717, 1.165) is 0 Å². The third-order valence-electron chi connectivity index (χ3n) is 5.36. The van der Waals surface area contributed by atoms with E-state index in [1.165, 1.54) is 27.7 Å². The van der Waals surface area contributed by atoms with Gasteiger partial charge in [-0.25, -0.2) is 13.2 Å². The lowest BCUT2D eigenvalue weighted by Crippen LogP contribution is -2.64. The fourth-order valence-corrected chi connectivity index (χ4v) is 5.40. The summed E-state index contributed by atoms with van der Waals surface area (Å²) in [6.45, 7) is 4.96. The van der Waals surface area contributed by atoms with E-state index in [4.69, 9.17) is 28.2 Å². The molecule has 20 nitrogen and oxygen atoms in total. The van der Waals surface area contributed by atoms with Crippen LogP contribution in [0, 0.1) is 0 Å². The van der Waals surface area contributed by atoms with Gasteiger partial charge in [-0.2, -0.15) is 30.0 Å². The van der Waals surface area contributed by atoms with Crippen molar-refractivity contribution >= 4 is 37.1 Å². The van der Waals surface area contributed by atoms with Crippen molar-refractivity contribution in [1.29, 1.82) is 0 Å². The maximum atomic E-state index is 11.9. The van der Waals surface area contributed by atoms with Gasteiger partial charge in [-0.1, -0.05) is 0 Å². The first-order valence-electron chi connectivity index (χ1n) is 11.8. The Balaban J connectivity index is 2.50. The van der Waals surface area contributed by atoms with Crippen molar-refractivity contribution in [1.82, 2.24) is 4.72 Å². The fraction of sp³-hybridized carbons (Fsp3) is 0.944. The van der Waals surface area contributed by atoms with E-state index < -0.39 is 118 Å². The molecule has 2 saturated heterocycles. The molecule has 2 rings (SSSR count). The number of carboxylic acids is 1. The Morgan fingerprint density at radius 2 is 1.49 bits per heavy atom. The molecule has 2 aliphatic rings. The number of nitrogens with one attached hydrogen (secondary N) is 1. The Bertz CT molecular complexity index is 1210. The van der Waals surface area contributed by atoms with Gasteiger partial charge in [0.05, 0.1) is 31.0 Å². The summed E-state index contributed by atoms with van der Waals surface area (Å²) in [5.41, 5.74) is 0. The second kappa shape index (κ2) is 14.1. The summed E-state index contributed by atoms with van der Waals surface area (Å²) in [5, 5.41) is 20.5. The molecule has 41 heavy (non-hydrogen) atoms. The van der Waals surface area contributed by atoms with E-state index in [-0.39, 0.29) is 0 Å². The van der Waals surface area contributed by atoms with Gasteiger partial charge < -0.3 is 33.9 Å². The van der Waals surface area contributed by atoms with Gasteiger partial charge in [0.2, 0.25) is 0 Å². The number of ether oxygens (including phenoxy) is 5. The first-order chi connectivity index (χ1) is 18.6. The molecule has 2 aliphatic heterocycles. The predicted octanol–water partition coefficient (Wildman–Crippen LogP) is -2.36. The van der Waals surface area contributed by atoms with Crippen molar-refractivity contribution in [2.24, 2.45) is 0 Å². The third-order valence-corrected chi connectivity index (χ3v) is 6.86. The van der Waals surface area contributed by atoms with E-state index in [1.54, 1.807) is 4.72 Å². The minimum atomic E-state index is -5.36. The van der Waals surface area contributed by atoms with E-state index in [9.17, 15) is 49.4 Å². The van der Waals surface area contributed by atoms with Crippen LogP contribution in [-0.4, -0.2) is 129 Å². The van der Waals surface area contributed by atoms with Gasteiger partial charge in [0.1, 0.15) is 18.3 Å². The average molecular weight is 664 g/mol.